The van der Waals surface area contributed by atoms with E-state index in [1.807, 2.05) is 30.6 Å². The maximum absolute atomic E-state index is 14.9. The second-order valence-electron chi connectivity index (χ2n) is 9.65. The van der Waals surface area contributed by atoms with Crippen molar-refractivity contribution in [3.8, 4) is 0 Å². The van der Waals surface area contributed by atoms with Gasteiger partial charge in [-0.05, 0) is 86.4 Å². The van der Waals surface area contributed by atoms with Crippen molar-refractivity contribution in [3.05, 3.63) is 111 Å². The largest absolute Gasteiger partial charge is 0.352 e. The molecular weight excluding hydrogens is 435 g/mol. The van der Waals surface area contributed by atoms with E-state index in [0.717, 1.165) is 64.8 Å². The average molecular weight is 471 g/mol. The number of pyridine rings is 1. The van der Waals surface area contributed by atoms with Crippen molar-refractivity contribution in [3.63, 3.8) is 0 Å². The van der Waals surface area contributed by atoms with E-state index in [4.69, 9.17) is 0 Å². The summed E-state index contributed by atoms with van der Waals surface area (Å²) >= 11 is 0. The third-order valence-electron chi connectivity index (χ3n) is 6.95. The van der Waals surface area contributed by atoms with Crippen LogP contribution in [0.3, 0.4) is 0 Å². The van der Waals surface area contributed by atoms with Gasteiger partial charge in [-0.25, -0.2) is 4.39 Å². The normalized spacial score (nSPS) is 16.1. The molecule has 182 valence electrons. The number of nitrogens with zero attached hydrogens (tertiary/aromatic N) is 1. The minimum absolute atomic E-state index is 0.00633. The minimum Gasteiger partial charge on any atom is -0.352 e. The van der Waals surface area contributed by atoms with E-state index in [0.29, 0.717) is 23.4 Å². The molecule has 1 aromatic carbocycles. The number of benzene rings is 1. The Bertz CT molecular complexity index is 1350. The Morgan fingerprint density at radius 2 is 2.00 bits per heavy atom. The molecule has 0 amide bonds. The van der Waals surface area contributed by atoms with Crippen LogP contribution >= 0.6 is 0 Å². The number of halogens is 1. The monoisotopic (exact) mass is 470 g/mol. The van der Waals surface area contributed by atoms with E-state index in [2.05, 4.69) is 44.5 Å². The molecule has 0 unspecified atom stereocenters. The molecular formula is C31H35FN2O. The predicted octanol–water partition coefficient (Wildman–Crippen LogP) is 7.82. The zero-order valence-corrected chi connectivity index (χ0v) is 21.3. The quantitative estimate of drug-likeness (QED) is 0.399. The summed E-state index contributed by atoms with van der Waals surface area (Å²) in [7, 11) is 0. The van der Waals surface area contributed by atoms with Crippen molar-refractivity contribution in [2.24, 2.45) is 0 Å². The van der Waals surface area contributed by atoms with Crippen molar-refractivity contribution in [2.45, 2.75) is 65.8 Å². The smallest absolute Gasteiger partial charge is 0.260 e. The molecule has 4 rings (SSSR count). The lowest BCUT2D eigenvalue weighted by Crippen LogP contribution is -2.32. The van der Waals surface area contributed by atoms with Crippen molar-refractivity contribution in [1.29, 1.82) is 0 Å². The summed E-state index contributed by atoms with van der Waals surface area (Å²) in [5.74, 6) is -0.338. The zero-order valence-electron chi connectivity index (χ0n) is 21.3. The number of unbranched alkanes of at least 4 members (excludes halogenated alkanes) is 1. The van der Waals surface area contributed by atoms with E-state index >= 15 is 0 Å². The van der Waals surface area contributed by atoms with E-state index in [-0.39, 0.29) is 17.4 Å². The number of nitrogens with one attached hydrogen (secondary N) is 1. The van der Waals surface area contributed by atoms with E-state index < -0.39 is 0 Å². The molecule has 2 aromatic rings. The minimum atomic E-state index is -0.338. The number of aryl methyl sites for hydroxylation is 1. The van der Waals surface area contributed by atoms with Crippen LogP contribution in [0.2, 0.25) is 0 Å². The maximum Gasteiger partial charge on any atom is 0.260 e. The molecule has 1 aromatic heterocycles. The van der Waals surface area contributed by atoms with Crippen molar-refractivity contribution in [2.75, 3.05) is 5.32 Å². The summed E-state index contributed by atoms with van der Waals surface area (Å²) in [6.45, 7) is 16.2. The lowest BCUT2D eigenvalue weighted by Gasteiger charge is -2.29. The fourth-order valence-corrected chi connectivity index (χ4v) is 4.90. The second kappa shape index (κ2) is 10.1. The van der Waals surface area contributed by atoms with E-state index in [9.17, 15) is 9.18 Å². The number of allylic oxidation sites excluding steroid dienone is 7. The van der Waals surface area contributed by atoms with Gasteiger partial charge in [0.25, 0.3) is 5.56 Å². The van der Waals surface area contributed by atoms with Gasteiger partial charge in [-0.15, -0.1) is 0 Å². The maximum atomic E-state index is 14.9. The summed E-state index contributed by atoms with van der Waals surface area (Å²) < 4.78 is 16.8. The third-order valence-corrected chi connectivity index (χ3v) is 6.95. The van der Waals surface area contributed by atoms with Crippen molar-refractivity contribution in [1.82, 2.24) is 4.57 Å². The Morgan fingerprint density at radius 3 is 2.63 bits per heavy atom. The summed E-state index contributed by atoms with van der Waals surface area (Å²) in [4.78, 5) is 14.0. The molecule has 1 saturated carbocycles. The number of anilines is 1. The van der Waals surface area contributed by atoms with Gasteiger partial charge in [0.1, 0.15) is 5.82 Å². The highest BCUT2D eigenvalue weighted by Gasteiger charge is 2.34. The molecule has 0 saturated heterocycles. The molecule has 0 radical (unpaired) electrons. The van der Waals surface area contributed by atoms with Gasteiger partial charge in [-0.1, -0.05) is 56.9 Å². The van der Waals surface area contributed by atoms with E-state index in [1.165, 1.54) is 6.07 Å². The predicted molar refractivity (Wildman–Crippen MR) is 146 cm³/mol. The molecule has 1 N–H and O–H groups in total. The lowest BCUT2D eigenvalue weighted by molar-refractivity contribution is 0.630. The molecule has 3 nitrogen and oxygen atoms in total. The fourth-order valence-electron chi connectivity index (χ4n) is 4.90. The molecule has 35 heavy (non-hydrogen) atoms. The number of aromatic nitrogens is 1. The van der Waals surface area contributed by atoms with Gasteiger partial charge in [-0.2, -0.15) is 0 Å². The first-order valence-electron chi connectivity index (χ1n) is 12.5. The van der Waals surface area contributed by atoms with Crippen LogP contribution in [-0.2, 0) is 6.42 Å². The van der Waals surface area contributed by atoms with Crippen LogP contribution in [0.4, 0.5) is 10.1 Å². The van der Waals surface area contributed by atoms with Crippen LogP contribution in [0, 0.1) is 19.7 Å². The molecule has 0 aliphatic heterocycles. The molecule has 0 bridgehead atoms. The Labute approximate surface area is 208 Å². The molecule has 2 aliphatic rings. The third kappa shape index (κ3) is 4.75. The average Bonchev–Trinajstić information content (AvgIpc) is 3.64. The van der Waals surface area contributed by atoms with Crippen LogP contribution in [0.15, 0.2) is 71.6 Å². The Balaban J connectivity index is 2.02. The first-order valence-corrected chi connectivity index (χ1v) is 12.5. The Hall–Kier alpha value is -3.40. The lowest BCUT2D eigenvalue weighted by atomic mass is 9.82. The number of rotatable bonds is 8. The Morgan fingerprint density at radius 1 is 1.26 bits per heavy atom. The topological polar surface area (TPSA) is 34.0 Å². The molecule has 4 heteroatoms. The van der Waals surface area contributed by atoms with Crippen LogP contribution in [0.1, 0.15) is 73.5 Å². The van der Waals surface area contributed by atoms with Gasteiger partial charge >= 0.3 is 0 Å². The van der Waals surface area contributed by atoms with Gasteiger partial charge in [0, 0.05) is 17.3 Å². The summed E-state index contributed by atoms with van der Waals surface area (Å²) in [5, 5.41) is 3.29. The highest BCUT2D eigenvalue weighted by atomic mass is 19.1. The summed E-state index contributed by atoms with van der Waals surface area (Å²) in [6.07, 6.45) is 12.6. The standard InChI is InChI=1S/C31H35FN2O/c1-7-9-11-23(12-10-8-2)28-22(6)34(24-14-15-24)31(35)29-25(28)18-20(4)21(5)30(29)33-27-16-13-19(3)17-26(27)32/h7,9,11-13,16-17,24,33H,1,4,8,10,14-15,18H2,2-3,5-6H3/b11-9-,23-12+. The van der Waals surface area contributed by atoms with Gasteiger partial charge in [0.05, 0.1) is 16.9 Å². The molecule has 0 spiro atoms. The van der Waals surface area contributed by atoms with Crippen molar-refractivity contribution < 1.29 is 4.39 Å². The summed E-state index contributed by atoms with van der Waals surface area (Å²) in [5.41, 5.74) is 8.43. The number of fused-ring (bicyclic) bond motifs is 1. The molecule has 0 atom stereocenters. The van der Waals surface area contributed by atoms with Gasteiger partial charge < -0.3 is 9.88 Å². The first kappa shape index (κ1) is 24.7. The highest BCUT2D eigenvalue weighted by Crippen LogP contribution is 2.42. The van der Waals surface area contributed by atoms with Crippen molar-refractivity contribution >= 4 is 17.0 Å². The van der Waals surface area contributed by atoms with Gasteiger partial charge in [0.15, 0.2) is 0 Å². The van der Waals surface area contributed by atoms with Crippen LogP contribution in [0.5, 0.6) is 0 Å². The first-order chi connectivity index (χ1) is 16.8. The Kier molecular flexibility index (Phi) is 7.11. The van der Waals surface area contributed by atoms with Crippen LogP contribution in [-0.4, -0.2) is 4.57 Å². The number of hydrogen-bond donors (Lipinski definition) is 1. The van der Waals surface area contributed by atoms with Crippen LogP contribution < -0.4 is 10.9 Å². The number of hydrogen-bond acceptors (Lipinski definition) is 2. The molecule has 2 aliphatic carbocycles. The SMILES string of the molecule is C=C/C=C\C(=C/CCC)c1c2c(c(=O)n(C3CC3)c1C)C(Nc1ccc(C)cc1F)=C(C)C(=C)C2. The second-order valence-corrected chi connectivity index (χ2v) is 9.65. The highest BCUT2D eigenvalue weighted by molar-refractivity contribution is 5.89. The fraction of sp³-hybridized carbons (Fsp3) is 0.323. The zero-order chi connectivity index (χ0) is 25.3. The summed E-state index contributed by atoms with van der Waals surface area (Å²) in [6, 6.07) is 5.32. The molecule has 1 fully saturated rings. The van der Waals surface area contributed by atoms with Gasteiger partial charge in [-0.3, -0.25) is 4.79 Å². The van der Waals surface area contributed by atoms with Gasteiger partial charge in [0.2, 0.25) is 0 Å². The van der Waals surface area contributed by atoms with Crippen LogP contribution in [0.25, 0.3) is 11.3 Å². The molecule has 1 heterocycles. The van der Waals surface area contributed by atoms with E-state index in [1.54, 1.807) is 12.1 Å².